The SMILES string of the molecule is CC1CC(N)CN(c2nc3ccc(Br)cn3n2)C1. The maximum atomic E-state index is 6.06. The summed E-state index contributed by atoms with van der Waals surface area (Å²) >= 11 is 3.43. The van der Waals surface area contributed by atoms with Gasteiger partial charge in [0.2, 0.25) is 5.95 Å². The first-order chi connectivity index (χ1) is 8.61. The lowest BCUT2D eigenvalue weighted by Gasteiger charge is -2.33. The fourth-order valence-electron chi connectivity index (χ4n) is 2.54. The summed E-state index contributed by atoms with van der Waals surface area (Å²) in [5.74, 6) is 1.36. The molecule has 2 aromatic rings. The highest BCUT2D eigenvalue weighted by molar-refractivity contribution is 9.10. The third-order valence-corrected chi connectivity index (χ3v) is 3.73. The normalized spacial score (nSPS) is 24.7. The molecule has 2 aromatic heterocycles. The molecule has 0 bridgehead atoms. The Morgan fingerprint density at radius 1 is 1.39 bits per heavy atom. The summed E-state index contributed by atoms with van der Waals surface area (Å²) in [5, 5.41) is 4.51. The Bertz CT molecular complexity index is 557. The van der Waals surface area contributed by atoms with E-state index in [1.165, 1.54) is 0 Å². The average Bonchev–Trinajstić information content (AvgIpc) is 2.70. The van der Waals surface area contributed by atoms with E-state index < -0.39 is 0 Å². The van der Waals surface area contributed by atoms with Gasteiger partial charge in [-0.15, -0.1) is 5.10 Å². The summed E-state index contributed by atoms with van der Waals surface area (Å²) in [6.07, 6.45) is 2.99. The molecular weight excluding hydrogens is 294 g/mol. The van der Waals surface area contributed by atoms with E-state index in [1.807, 2.05) is 18.3 Å². The smallest absolute Gasteiger partial charge is 0.245 e. The van der Waals surface area contributed by atoms with Crippen molar-refractivity contribution in [1.29, 1.82) is 0 Å². The zero-order valence-corrected chi connectivity index (χ0v) is 11.8. The molecule has 0 aromatic carbocycles. The highest BCUT2D eigenvalue weighted by Crippen LogP contribution is 2.21. The predicted molar refractivity (Wildman–Crippen MR) is 74.7 cm³/mol. The van der Waals surface area contributed by atoms with Crippen LogP contribution in [0.4, 0.5) is 5.95 Å². The zero-order chi connectivity index (χ0) is 12.7. The van der Waals surface area contributed by atoms with Gasteiger partial charge in [0.1, 0.15) is 0 Å². The number of pyridine rings is 1. The number of piperidine rings is 1. The number of halogens is 1. The van der Waals surface area contributed by atoms with Crippen LogP contribution in [0.1, 0.15) is 13.3 Å². The van der Waals surface area contributed by atoms with E-state index in [0.29, 0.717) is 5.92 Å². The second-order valence-corrected chi connectivity index (χ2v) is 5.98. The Balaban J connectivity index is 1.93. The number of fused-ring (bicyclic) bond motifs is 1. The van der Waals surface area contributed by atoms with Crippen LogP contribution in [0.25, 0.3) is 5.65 Å². The van der Waals surface area contributed by atoms with Crippen LogP contribution in [0.5, 0.6) is 0 Å². The van der Waals surface area contributed by atoms with Crippen LogP contribution in [0, 0.1) is 5.92 Å². The molecule has 0 spiro atoms. The first kappa shape index (κ1) is 11.9. The van der Waals surface area contributed by atoms with Gasteiger partial charge in [-0.1, -0.05) is 6.92 Å². The highest BCUT2D eigenvalue weighted by Gasteiger charge is 2.24. The minimum Gasteiger partial charge on any atom is -0.338 e. The van der Waals surface area contributed by atoms with Gasteiger partial charge >= 0.3 is 0 Å². The largest absolute Gasteiger partial charge is 0.338 e. The van der Waals surface area contributed by atoms with Crippen molar-refractivity contribution in [2.75, 3.05) is 18.0 Å². The van der Waals surface area contributed by atoms with E-state index in [0.717, 1.165) is 35.6 Å². The first-order valence-corrected chi connectivity index (χ1v) is 6.93. The molecule has 2 atom stereocenters. The molecule has 2 N–H and O–H groups in total. The molecular formula is C12H16BrN5. The molecule has 1 saturated heterocycles. The maximum Gasteiger partial charge on any atom is 0.245 e. The molecule has 3 heterocycles. The van der Waals surface area contributed by atoms with Gasteiger partial charge in [0, 0.05) is 29.8 Å². The molecule has 3 rings (SSSR count). The Kier molecular flexibility index (Phi) is 2.99. The van der Waals surface area contributed by atoms with Crippen molar-refractivity contribution in [3.8, 4) is 0 Å². The van der Waals surface area contributed by atoms with Crippen LogP contribution in [-0.4, -0.2) is 33.7 Å². The van der Waals surface area contributed by atoms with Crippen molar-refractivity contribution >= 4 is 27.5 Å². The number of nitrogens with zero attached hydrogens (tertiary/aromatic N) is 4. The number of anilines is 1. The van der Waals surface area contributed by atoms with Gasteiger partial charge in [0.15, 0.2) is 5.65 Å². The molecule has 0 amide bonds. The molecule has 5 nitrogen and oxygen atoms in total. The van der Waals surface area contributed by atoms with Gasteiger partial charge in [-0.05, 0) is 40.4 Å². The van der Waals surface area contributed by atoms with Crippen molar-refractivity contribution < 1.29 is 0 Å². The molecule has 0 radical (unpaired) electrons. The molecule has 1 fully saturated rings. The van der Waals surface area contributed by atoms with E-state index in [4.69, 9.17) is 5.73 Å². The average molecular weight is 310 g/mol. The van der Waals surface area contributed by atoms with E-state index in [1.54, 1.807) is 4.52 Å². The second-order valence-electron chi connectivity index (χ2n) is 5.07. The molecule has 0 saturated carbocycles. The fourth-order valence-corrected chi connectivity index (χ4v) is 2.87. The van der Waals surface area contributed by atoms with Crippen LogP contribution < -0.4 is 10.6 Å². The molecule has 1 aliphatic heterocycles. The van der Waals surface area contributed by atoms with Crippen LogP contribution in [0.15, 0.2) is 22.8 Å². The summed E-state index contributed by atoms with van der Waals surface area (Å²) < 4.78 is 2.79. The summed E-state index contributed by atoms with van der Waals surface area (Å²) in [5.41, 5.74) is 6.92. The Hall–Kier alpha value is -1.14. The summed E-state index contributed by atoms with van der Waals surface area (Å²) in [6.45, 7) is 4.03. The Morgan fingerprint density at radius 2 is 2.22 bits per heavy atom. The molecule has 18 heavy (non-hydrogen) atoms. The van der Waals surface area contributed by atoms with Crippen LogP contribution in [0.2, 0.25) is 0 Å². The quantitative estimate of drug-likeness (QED) is 0.870. The minimum atomic E-state index is 0.215. The van der Waals surface area contributed by atoms with E-state index in [-0.39, 0.29) is 6.04 Å². The monoisotopic (exact) mass is 309 g/mol. The fraction of sp³-hybridized carbons (Fsp3) is 0.500. The van der Waals surface area contributed by atoms with Gasteiger partial charge in [-0.2, -0.15) is 4.98 Å². The van der Waals surface area contributed by atoms with E-state index in [2.05, 4.69) is 37.8 Å². The van der Waals surface area contributed by atoms with Gasteiger partial charge in [0.25, 0.3) is 0 Å². The summed E-state index contributed by atoms with van der Waals surface area (Å²) in [6, 6.07) is 4.14. The van der Waals surface area contributed by atoms with Crippen LogP contribution >= 0.6 is 15.9 Å². The van der Waals surface area contributed by atoms with Crippen LogP contribution in [0.3, 0.4) is 0 Å². The molecule has 0 aliphatic carbocycles. The second kappa shape index (κ2) is 4.51. The third-order valence-electron chi connectivity index (χ3n) is 3.26. The van der Waals surface area contributed by atoms with Crippen molar-refractivity contribution in [2.45, 2.75) is 19.4 Å². The number of hydrogen-bond acceptors (Lipinski definition) is 4. The summed E-state index contributed by atoms with van der Waals surface area (Å²) in [4.78, 5) is 6.73. The van der Waals surface area contributed by atoms with Crippen molar-refractivity contribution in [3.05, 3.63) is 22.8 Å². The number of hydrogen-bond donors (Lipinski definition) is 1. The highest BCUT2D eigenvalue weighted by atomic mass is 79.9. The third kappa shape index (κ3) is 2.22. The standard InChI is InChI=1S/C12H16BrN5/c1-8-4-10(14)7-17(5-8)12-15-11-3-2-9(13)6-18(11)16-12/h2-3,6,8,10H,4-5,7,14H2,1H3. The molecule has 1 aliphatic rings. The van der Waals surface area contributed by atoms with Gasteiger partial charge in [-0.25, -0.2) is 4.52 Å². The van der Waals surface area contributed by atoms with E-state index in [9.17, 15) is 0 Å². The van der Waals surface area contributed by atoms with E-state index >= 15 is 0 Å². The molecule has 96 valence electrons. The van der Waals surface area contributed by atoms with Crippen molar-refractivity contribution in [1.82, 2.24) is 14.6 Å². The predicted octanol–water partition coefficient (Wildman–Crippen LogP) is 1.67. The van der Waals surface area contributed by atoms with Crippen molar-refractivity contribution in [3.63, 3.8) is 0 Å². The first-order valence-electron chi connectivity index (χ1n) is 6.14. The molecule has 6 heteroatoms. The topological polar surface area (TPSA) is 59.5 Å². The Morgan fingerprint density at radius 3 is 3.00 bits per heavy atom. The summed E-state index contributed by atoms with van der Waals surface area (Å²) in [7, 11) is 0. The lowest BCUT2D eigenvalue weighted by Crippen LogP contribution is -2.46. The number of nitrogens with two attached hydrogens (primary N) is 1. The van der Waals surface area contributed by atoms with Gasteiger partial charge in [-0.3, -0.25) is 0 Å². The van der Waals surface area contributed by atoms with Gasteiger partial charge < -0.3 is 10.6 Å². The number of aromatic nitrogens is 3. The lowest BCUT2D eigenvalue weighted by atomic mass is 9.97. The van der Waals surface area contributed by atoms with Crippen molar-refractivity contribution in [2.24, 2.45) is 11.7 Å². The maximum absolute atomic E-state index is 6.06. The minimum absolute atomic E-state index is 0.215. The van der Waals surface area contributed by atoms with Crippen LogP contribution in [-0.2, 0) is 0 Å². The van der Waals surface area contributed by atoms with Gasteiger partial charge in [0.05, 0.1) is 0 Å². The number of rotatable bonds is 1. The zero-order valence-electron chi connectivity index (χ0n) is 10.3. The Labute approximate surface area is 114 Å². The lowest BCUT2D eigenvalue weighted by molar-refractivity contribution is 0.398. The molecule has 2 unspecified atom stereocenters.